The molecule has 4 nitrogen and oxygen atoms in total. The molecule has 0 unspecified atom stereocenters. The van der Waals surface area contributed by atoms with Gasteiger partial charge in [0.2, 0.25) is 5.91 Å². The zero-order chi connectivity index (χ0) is 21.7. The summed E-state index contributed by atoms with van der Waals surface area (Å²) in [5.41, 5.74) is 4.90. The Hall–Kier alpha value is -4.05. The third-order valence-electron chi connectivity index (χ3n) is 6.26. The molecule has 0 aliphatic carbocycles. The normalized spacial score (nSPS) is 11.7. The van der Waals surface area contributed by atoms with Crippen LogP contribution in [0.4, 0.5) is 5.69 Å². The topological polar surface area (TPSA) is 47.2 Å². The predicted octanol–water partition coefficient (Wildman–Crippen LogP) is 6.90. The Labute approximate surface area is 185 Å². The Kier molecular flexibility index (Phi) is 4.25. The molecule has 6 rings (SSSR count). The fourth-order valence-electron chi connectivity index (χ4n) is 4.85. The quantitative estimate of drug-likeness (QED) is 0.339. The van der Waals surface area contributed by atoms with Crippen LogP contribution in [-0.4, -0.2) is 10.5 Å². The SMILES string of the molecule is CCn1c2ccccc2c2cc(NC(=O)Cc3coc4ccc5ccccc5c34)ccc21. The fraction of sp³-hybridized carbons (Fsp3) is 0.107. The summed E-state index contributed by atoms with van der Waals surface area (Å²) in [6.07, 6.45) is 1.96. The van der Waals surface area contributed by atoms with Gasteiger partial charge in [0.1, 0.15) is 5.58 Å². The highest BCUT2D eigenvalue weighted by Gasteiger charge is 2.15. The molecular weight excluding hydrogens is 396 g/mol. The van der Waals surface area contributed by atoms with Crippen LogP contribution in [0.3, 0.4) is 0 Å². The van der Waals surface area contributed by atoms with Crippen LogP contribution in [0, 0.1) is 0 Å². The van der Waals surface area contributed by atoms with Gasteiger partial charge in [-0.15, -0.1) is 0 Å². The molecule has 0 saturated carbocycles. The van der Waals surface area contributed by atoms with Crippen molar-refractivity contribution in [3.63, 3.8) is 0 Å². The maximum Gasteiger partial charge on any atom is 0.228 e. The average Bonchev–Trinajstić information content (AvgIpc) is 3.37. The minimum absolute atomic E-state index is 0.0563. The molecule has 0 aliphatic rings. The highest BCUT2D eigenvalue weighted by Crippen LogP contribution is 2.32. The third kappa shape index (κ3) is 2.88. The number of nitrogens with one attached hydrogen (secondary N) is 1. The summed E-state index contributed by atoms with van der Waals surface area (Å²) in [6, 6.07) is 26.8. The lowest BCUT2D eigenvalue weighted by Gasteiger charge is -2.07. The van der Waals surface area contributed by atoms with Crippen molar-refractivity contribution in [3.05, 3.63) is 90.7 Å². The molecule has 0 atom stereocenters. The number of furan rings is 1. The molecule has 2 aromatic heterocycles. The lowest BCUT2D eigenvalue weighted by Crippen LogP contribution is -2.14. The van der Waals surface area contributed by atoms with Crippen molar-refractivity contribution in [2.45, 2.75) is 19.9 Å². The first-order chi connectivity index (χ1) is 15.7. The number of hydrogen-bond donors (Lipinski definition) is 1. The highest BCUT2D eigenvalue weighted by atomic mass is 16.3. The number of rotatable bonds is 4. The fourth-order valence-corrected chi connectivity index (χ4v) is 4.85. The van der Waals surface area contributed by atoms with Gasteiger partial charge >= 0.3 is 0 Å². The van der Waals surface area contributed by atoms with Gasteiger partial charge < -0.3 is 14.3 Å². The largest absolute Gasteiger partial charge is 0.464 e. The molecule has 0 fully saturated rings. The van der Waals surface area contributed by atoms with Gasteiger partial charge in [-0.1, -0.05) is 48.5 Å². The van der Waals surface area contributed by atoms with Crippen LogP contribution in [0.25, 0.3) is 43.5 Å². The molecule has 0 radical (unpaired) electrons. The number of anilines is 1. The smallest absolute Gasteiger partial charge is 0.228 e. The van der Waals surface area contributed by atoms with E-state index in [1.54, 1.807) is 6.26 Å². The third-order valence-corrected chi connectivity index (χ3v) is 6.26. The lowest BCUT2D eigenvalue weighted by atomic mass is 10.0. The zero-order valence-corrected chi connectivity index (χ0v) is 17.8. The van der Waals surface area contributed by atoms with E-state index < -0.39 is 0 Å². The first kappa shape index (κ1) is 18.7. The van der Waals surface area contributed by atoms with E-state index in [9.17, 15) is 4.79 Å². The van der Waals surface area contributed by atoms with Crippen molar-refractivity contribution in [2.24, 2.45) is 0 Å². The Morgan fingerprint density at radius 2 is 1.66 bits per heavy atom. The Bertz CT molecular complexity index is 1640. The number of hydrogen-bond acceptors (Lipinski definition) is 2. The van der Waals surface area contributed by atoms with Crippen LogP contribution in [0.5, 0.6) is 0 Å². The number of carbonyl (C=O) groups excluding carboxylic acids is 1. The molecule has 2 heterocycles. The van der Waals surface area contributed by atoms with E-state index in [2.05, 4.69) is 65.3 Å². The van der Waals surface area contributed by atoms with Gasteiger partial charge in [0.05, 0.1) is 12.7 Å². The van der Waals surface area contributed by atoms with Crippen molar-refractivity contribution < 1.29 is 9.21 Å². The molecule has 32 heavy (non-hydrogen) atoms. The van der Waals surface area contributed by atoms with Gasteiger partial charge in [-0.3, -0.25) is 4.79 Å². The summed E-state index contributed by atoms with van der Waals surface area (Å²) in [6.45, 7) is 3.05. The molecule has 1 N–H and O–H groups in total. The molecule has 0 spiro atoms. The molecule has 0 saturated heterocycles. The number of fused-ring (bicyclic) bond motifs is 6. The van der Waals surface area contributed by atoms with Crippen LogP contribution in [-0.2, 0) is 17.8 Å². The van der Waals surface area contributed by atoms with Crippen molar-refractivity contribution in [1.82, 2.24) is 4.57 Å². The molecule has 6 aromatic rings. The summed E-state index contributed by atoms with van der Waals surface area (Å²) in [5.74, 6) is -0.0563. The number of nitrogens with zero attached hydrogens (tertiary/aromatic N) is 1. The van der Waals surface area contributed by atoms with Crippen LogP contribution in [0.1, 0.15) is 12.5 Å². The molecule has 1 amide bonds. The van der Waals surface area contributed by atoms with Gasteiger partial charge in [0.25, 0.3) is 0 Å². The highest BCUT2D eigenvalue weighted by molar-refractivity contribution is 6.11. The van der Waals surface area contributed by atoms with E-state index in [1.165, 1.54) is 16.4 Å². The molecule has 4 aromatic carbocycles. The molecule has 156 valence electrons. The lowest BCUT2D eigenvalue weighted by molar-refractivity contribution is -0.115. The van der Waals surface area contributed by atoms with Crippen LogP contribution in [0.2, 0.25) is 0 Å². The Balaban J connectivity index is 1.34. The van der Waals surface area contributed by atoms with Crippen molar-refractivity contribution in [2.75, 3.05) is 5.32 Å². The zero-order valence-electron chi connectivity index (χ0n) is 17.8. The van der Waals surface area contributed by atoms with Crippen molar-refractivity contribution >= 4 is 55.1 Å². The van der Waals surface area contributed by atoms with E-state index in [0.717, 1.165) is 44.9 Å². The number of aryl methyl sites for hydroxylation is 1. The Morgan fingerprint density at radius 3 is 2.53 bits per heavy atom. The minimum Gasteiger partial charge on any atom is -0.464 e. The van der Waals surface area contributed by atoms with Gasteiger partial charge in [-0.25, -0.2) is 0 Å². The molecule has 4 heteroatoms. The van der Waals surface area contributed by atoms with E-state index in [-0.39, 0.29) is 12.3 Å². The van der Waals surface area contributed by atoms with E-state index in [0.29, 0.717) is 0 Å². The predicted molar refractivity (Wildman–Crippen MR) is 131 cm³/mol. The second kappa shape index (κ2) is 7.27. The standard InChI is InChI=1S/C28H22N2O2/c1-2-30-24-10-6-5-9-22(24)23-16-20(12-13-25(23)30)29-27(31)15-19-17-32-26-14-11-18-7-3-4-8-21(18)28(19)26/h3-14,16-17H,2,15H2,1H3,(H,29,31). The Morgan fingerprint density at radius 1 is 0.875 bits per heavy atom. The number of carbonyl (C=O) groups is 1. The maximum absolute atomic E-state index is 13.0. The first-order valence-corrected chi connectivity index (χ1v) is 10.9. The van der Waals surface area contributed by atoms with E-state index in [4.69, 9.17) is 4.42 Å². The van der Waals surface area contributed by atoms with Crippen LogP contribution >= 0.6 is 0 Å². The number of para-hydroxylation sites is 1. The monoisotopic (exact) mass is 418 g/mol. The molecule has 0 bridgehead atoms. The number of benzene rings is 4. The van der Waals surface area contributed by atoms with E-state index >= 15 is 0 Å². The average molecular weight is 418 g/mol. The van der Waals surface area contributed by atoms with Gasteiger partial charge in [-0.05, 0) is 48.0 Å². The van der Waals surface area contributed by atoms with Gasteiger partial charge in [-0.2, -0.15) is 0 Å². The van der Waals surface area contributed by atoms with Crippen LogP contribution in [0.15, 0.2) is 89.5 Å². The summed E-state index contributed by atoms with van der Waals surface area (Å²) in [7, 11) is 0. The molecule has 0 aliphatic heterocycles. The second-order valence-electron chi connectivity index (χ2n) is 8.14. The van der Waals surface area contributed by atoms with Gasteiger partial charge in [0.15, 0.2) is 0 Å². The first-order valence-electron chi connectivity index (χ1n) is 10.9. The summed E-state index contributed by atoms with van der Waals surface area (Å²) in [5, 5.41) is 8.70. The summed E-state index contributed by atoms with van der Waals surface area (Å²) < 4.78 is 8.05. The van der Waals surface area contributed by atoms with Crippen molar-refractivity contribution in [1.29, 1.82) is 0 Å². The van der Waals surface area contributed by atoms with Crippen LogP contribution < -0.4 is 5.32 Å². The number of aromatic nitrogens is 1. The maximum atomic E-state index is 13.0. The van der Waals surface area contributed by atoms with Crippen molar-refractivity contribution in [3.8, 4) is 0 Å². The summed E-state index contributed by atoms with van der Waals surface area (Å²) >= 11 is 0. The van der Waals surface area contributed by atoms with E-state index in [1.807, 2.05) is 30.3 Å². The number of amides is 1. The minimum atomic E-state index is -0.0563. The second-order valence-corrected chi connectivity index (χ2v) is 8.14. The van der Waals surface area contributed by atoms with Gasteiger partial charge in [0, 0.05) is 45.0 Å². The summed E-state index contributed by atoms with van der Waals surface area (Å²) in [4.78, 5) is 13.0. The molecular formula is C28H22N2O2.